The first kappa shape index (κ1) is 14.7. The molecule has 2 nitrogen and oxygen atoms in total. The first-order chi connectivity index (χ1) is 9.13. The minimum atomic E-state index is -0.0199. The molecule has 104 valence electrons. The van der Waals surface area contributed by atoms with Crippen LogP contribution in [0.2, 0.25) is 5.02 Å². The van der Waals surface area contributed by atoms with Crippen LogP contribution < -0.4 is 0 Å². The van der Waals surface area contributed by atoms with Gasteiger partial charge in [-0.25, -0.2) is 0 Å². The van der Waals surface area contributed by atoms with Crippen LogP contribution in [-0.2, 0) is 4.79 Å². The highest BCUT2D eigenvalue weighted by molar-refractivity contribution is 6.30. The molecule has 0 bridgehead atoms. The Hall–Kier alpha value is -0.730. The summed E-state index contributed by atoms with van der Waals surface area (Å²) in [6, 6.07) is 7.92. The normalized spacial score (nSPS) is 17.4. The highest BCUT2D eigenvalue weighted by Crippen LogP contribution is 2.39. The van der Waals surface area contributed by atoms with Crippen LogP contribution in [0.4, 0.5) is 0 Å². The maximum absolute atomic E-state index is 11.9. The molecule has 0 spiro atoms. The number of rotatable bonds is 4. The Balaban J connectivity index is 2.27. The zero-order valence-corrected chi connectivity index (χ0v) is 12.6. The molecule has 1 aliphatic carbocycles. The van der Waals surface area contributed by atoms with Crippen molar-refractivity contribution in [2.75, 3.05) is 12.9 Å². The number of halogens is 2. The Morgan fingerprint density at radius 3 is 2.42 bits per heavy atom. The summed E-state index contributed by atoms with van der Waals surface area (Å²) in [6.07, 6.45) is 4.84. The van der Waals surface area contributed by atoms with Gasteiger partial charge in [-0.3, -0.25) is 4.79 Å². The molecule has 1 fully saturated rings. The van der Waals surface area contributed by atoms with Crippen molar-refractivity contribution >= 4 is 29.1 Å². The molecule has 0 saturated heterocycles. The molecule has 1 aromatic carbocycles. The first-order valence-corrected chi connectivity index (χ1v) is 7.62. The van der Waals surface area contributed by atoms with E-state index in [2.05, 4.69) is 0 Å². The van der Waals surface area contributed by atoms with E-state index >= 15 is 0 Å². The van der Waals surface area contributed by atoms with E-state index in [9.17, 15) is 4.79 Å². The van der Waals surface area contributed by atoms with Gasteiger partial charge in [0.2, 0.25) is 5.91 Å². The summed E-state index contributed by atoms with van der Waals surface area (Å²) in [5.41, 5.74) is 1.15. The summed E-state index contributed by atoms with van der Waals surface area (Å²) >= 11 is 11.6. The van der Waals surface area contributed by atoms with E-state index in [-0.39, 0.29) is 17.8 Å². The minimum Gasteiger partial charge on any atom is -0.337 e. The van der Waals surface area contributed by atoms with Crippen molar-refractivity contribution in [2.24, 2.45) is 5.92 Å². The summed E-state index contributed by atoms with van der Waals surface area (Å²) < 4.78 is 0. The van der Waals surface area contributed by atoms with Gasteiger partial charge in [-0.1, -0.05) is 36.6 Å². The lowest BCUT2D eigenvalue weighted by atomic mass is 9.90. The van der Waals surface area contributed by atoms with Gasteiger partial charge in [0.1, 0.15) is 5.88 Å². The van der Waals surface area contributed by atoms with Gasteiger partial charge >= 0.3 is 0 Å². The van der Waals surface area contributed by atoms with Crippen LogP contribution >= 0.6 is 23.2 Å². The first-order valence-electron chi connectivity index (χ1n) is 6.70. The van der Waals surface area contributed by atoms with Gasteiger partial charge in [0.25, 0.3) is 0 Å². The van der Waals surface area contributed by atoms with E-state index in [1.165, 1.54) is 25.7 Å². The SMILES string of the molecule is CN(C(=O)CCl)C(c1ccc(Cl)cc1)C1CCCC1. The zero-order valence-electron chi connectivity index (χ0n) is 11.1. The highest BCUT2D eigenvalue weighted by atomic mass is 35.5. The lowest BCUT2D eigenvalue weighted by Gasteiger charge is -2.33. The number of amides is 1. The molecule has 1 amide bonds. The molecule has 0 aliphatic heterocycles. The average Bonchev–Trinajstić information content (AvgIpc) is 2.94. The molecule has 1 unspecified atom stereocenters. The van der Waals surface area contributed by atoms with Crippen LogP contribution in [-0.4, -0.2) is 23.7 Å². The Morgan fingerprint density at radius 1 is 1.32 bits per heavy atom. The van der Waals surface area contributed by atoms with E-state index in [4.69, 9.17) is 23.2 Å². The van der Waals surface area contributed by atoms with Crippen molar-refractivity contribution in [3.63, 3.8) is 0 Å². The van der Waals surface area contributed by atoms with Crippen molar-refractivity contribution in [3.05, 3.63) is 34.9 Å². The summed E-state index contributed by atoms with van der Waals surface area (Å²) in [5, 5.41) is 0.722. The number of benzene rings is 1. The van der Waals surface area contributed by atoms with Crippen LogP contribution in [0.1, 0.15) is 37.3 Å². The maximum atomic E-state index is 11.9. The van der Waals surface area contributed by atoms with Crippen molar-refractivity contribution in [3.8, 4) is 0 Å². The van der Waals surface area contributed by atoms with Gasteiger partial charge in [0, 0.05) is 12.1 Å². The van der Waals surface area contributed by atoms with Gasteiger partial charge in [-0.05, 0) is 36.5 Å². The Labute approximate surface area is 124 Å². The predicted octanol–water partition coefficient (Wildman–Crippen LogP) is 4.27. The number of carbonyl (C=O) groups is 1. The molecule has 1 saturated carbocycles. The fraction of sp³-hybridized carbons (Fsp3) is 0.533. The topological polar surface area (TPSA) is 20.3 Å². The van der Waals surface area contributed by atoms with Gasteiger partial charge < -0.3 is 4.90 Å². The van der Waals surface area contributed by atoms with Gasteiger partial charge in [-0.2, -0.15) is 0 Å². The second kappa shape index (κ2) is 6.62. The molecule has 0 radical (unpaired) electrons. The summed E-state index contributed by atoms with van der Waals surface area (Å²) in [4.78, 5) is 13.7. The molecule has 0 aromatic heterocycles. The van der Waals surface area contributed by atoms with Crippen LogP contribution in [0.25, 0.3) is 0 Å². The van der Waals surface area contributed by atoms with Crippen LogP contribution in [0.5, 0.6) is 0 Å². The van der Waals surface area contributed by atoms with Crippen LogP contribution in [0.15, 0.2) is 24.3 Å². The van der Waals surface area contributed by atoms with E-state index in [0.29, 0.717) is 5.92 Å². The molecule has 1 aromatic rings. The Morgan fingerprint density at radius 2 is 1.89 bits per heavy atom. The third kappa shape index (κ3) is 3.43. The fourth-order valence-corrected chi connectivity index (χ4v) is 3.31. The monoisotopic (exact) mass is 299 g/mol. The lowest BCUT2D eigenvalue weighted by Crippen LogP contribution is -2.35. The zero-order chi connectivity index (χ0) is 13.8. The van der Waals surface area contributed by atoms with Gasteiger partial charge in [0.05, 0.1) is 6.04 Å². The fourth-order valence-electron chi connectivity index (χ4n) is 2.99. The lowest BCUT2D eigenvalue weighted by molar-refractivity contribution is -0.130. The molecular weight excluding hydrogens is 281 g/mol. The van der Waals surface area contributed by atoms with Crippen molar-refractivity contribution in [1.29, 1.82) is 0 Å². The van der Waals surface area contributed by atoms with E-state index in [0.717, 1.165) is 10.6 Å². The molecule has 0 N–H and O–H groups in total. The standard InChI is InChI=1S/C15H19Cl2NO/c1-18(14(19)10-16)15(11-4-2-3-5-11)12-6-8-13(17)9-7-12/h6-9,11,15H,2-5,10H2,1H3. The summed E-state index contributed by atoms with van der Waals surface area (Å²) in [6.45, 7) is 0. The van der Waals surface area contributed by atoms with E-state index < -0.39 is 0 Å². The molecule has 19 heavy (non-hydrogen) atoms. The van der Waals surface area contributed by atoms with Gasteiger partial charge in [-0.15, -0.1) is 11.6 Å². The molecule has 1 aliphatic rings. The average molecular weight is 300 g/mol. The van der Waals surface area contributed by atoms with Crippen LogP contribution in [0.3, 0.4) is 0 Å². The highest BCUT2D eigenvalue weighted by Gasteiger charge is 2.31. The predicted molar refractivity (Wildman–Crippen MR) is 79.6 cm³/mol. The number of hydrogen-bond acceptors (Lipinski definition) is 1. The minimum absolute atomic E-state index is 0.0199. The third-order valence-electron chi connectivity index (χ3n) is 3.98. The van der Waals surface area contributed by atoms with Crippen molar-refractivity contribution < 1.29 is 4.79 Å². The third-order valence-corrected chi connectivity index (χ3v) is 4.46. The summed E-state index contributed by atoms with van der Waals surface area (Å²) in [5.74, 6) is 0.541. The number of alkyl halides is 1. The summed E-state index contributed by atoms with van der Waals surface area (Å²) in [7, 11) is 1.85. The quantitative estimate of drug-likeness (QED) is 0.760. The Kier molecular flexibility index (Phi) is 5.12. The number of carbonyl (C=O) groups excluding carboxylic acids is 1. The second-order valence-corrected chi connectivity index (χ2v) is 5.88. The van der Waals surface area contributed by atoms with Crippen LogP contribution in [0, 0.1) is 5.92 Å². The van der Waals surface area contributed by atoms with Crippen molar-refractivity contribution in [1.82, 2.24) is 4.90 Å². The van der Waals surface area contributed by atoms with E-state index in [1.807, 2.05) is 31.3 Å². The van der Waals surface area contributed by atoms with Gasteiger partial charge in [0.15, 0.2) is 0 Å². The largest absolute Gasteiger partial charge is 0.337 e. The molecular formula is C15H19Cl2NO. The number of nitrogens with zero attached hydrogens (tertiary/aromatic N) is 1. The second-order valence-electron chi connectivity index (χ2n) is 5.18. The molecule has 0 heterocycles. The Bertz CT molecular complexity index is 426. The molecule has 1 atom stereocenters. The maximum Gasteiger partial charge on any atom is 0.237 e. The molecule has 2 rings (SSSR count). The molecule has 4 heteroatoms. The smallest absolute Gasteiger partial charge is 0.237 e. The van der Waals surface area contributed by atoms with E-state index in [1.54, 1.807) is 4.90 Å². The number of hydrogen-bond donors (Lipinski definition) is 0. The van der Waals surface area contributed by atoms with Crippen molar-refractivity contribution in [2.45, 2.75) is 31.7 Å².